The summed E-state index contributed by atoms with van der Waals surface area (Å²) in [6, 6.07) is 12.2. The van der Waals surface area contributed by atoms with Crippen LogP contribution in [0.1, 0.15) is 24.8 Å². The second kappa shape index (κ2) is 7.75. The van der Waals surface area contributed by atoms with Gasteiger partial charge in [0, 0.05) is 37.1 Å². The summed E-state index contributed by atoms with van der Waals surface area (Å²) in [6.45, 7) is 4.07. The van der Waals surface area contributed by atoms with E-state index in [0.717, 1.165) is 18.5 Å². The molecule has 2 aliphatic rings. The minimum Gasteiger partial charge on any atom is -0.399 e. The lowest BCUT2D eigenvalue weighted by Gasteiger charge is -2.45. The van der Waals surface area contributed by atoms with Crippen LogP contribution in [0.2, 0.25) is 0 Å². The van der Waals surface area contributed by atoms with Crippen molar-refractivity contribution >= 4 is 5.69 Å². The molecule has 8 heteroatoms. The molecule has 8 nitrogen and oxygen atoms in total. The van der Waals surface area contributed by atoms with Gasteiger partial charge in [0.25, 0.3) is 5.69 Å². The van der Waals surface area contributed by atoms with E-state index < -0.39 is 16.3 Å². The molecule has 0 spiro atoms. The number of allylic oxidation sites excluding steroid dienone is 2. The van der Waals surface area contributed by atoms with Crippen LogP contribution in [0.3, 0.4) is 0 Å². The number of benzene rings is 1. The second-order valence-electron chi connectivity index (χ2n) is 7.29. The highest BCUT2D eigenvalue weighted by molar-refractivity contribution is 5.60. The van der Waals surface area contributed by atoms with Crippen LogP contribution in [0, 0.1) is 55.4 Å². The maximum Gasteiger partial charge on any atom is 0.269 e. The smallest absolute Gasteiger partial charge is 0.269 e. The number of nitro groups is 1. The molecule has 0 radical (unpaired) electrons. The summed E-state index contributed by atoms with van der Waals surface area (Å²) in [5, 5.41) is 41.1. The van der Waals surface area contributed by atoms with Crippen molar-refractivity contribution in [3.05, 3.63) is 62.9 Å². The molecular weight excluding hydrogens is 368 g/mol. The van der Waals surface area contributed by atoms with Crippen molar-refractivity contribution in [1.82, 2.24) is 4.90 Å². The lowest BCUT2D eigenvalue weighted by molar-refractivity contribution is -0.384. The Bertz CT molecular complexity index is 1020. The molecule has 0 aromatic heterocycles. The summed E-state index contributed by atoms with van der Waals surface area (Å²) in [7, 11) is 0. The van der Waals surface area contributed by atoms with Crippen molar-refractivity contribution in [2.75, 3.05) is 19.6 Å². The number of rotatable bonds is 4. The highest BCUT2D eigenvalue weighted by Gasteiger charge is 2.54. The van der Waals surface area contributed by atoms with Crippen LogP contribution in [0.5, 0.6) is 0 Å². The molecule has 2 atom stereocenters. The van der Waals surface area contributed by atoms with E-state index >= 15 is 0 Å². The van der Waals surface area contributed by atoms with Gasteiger partial charge in [-0.25, -0.2) is 0 Å². The van der Waals surface area contributed by atoms with Gasteiger partial charge in [-0.2, -0.15) is 15.8 Å². The summed E-state index contributed by atoms with van der Waals surface area (Å²) in [6.07, 6.45) is 2.86. The molecule has 0 bridgehead atoms. The van der Waals surface area contributed by atoms with Gasteiger partial charge >= 0.3 is 0 Å². The second-order valence-corrected chi connectivity index (χ2v) is 7.29. The predicted octanol–water partition coefficient (Wildman–Crippen LogP) is 2.73. The first kappa shape index (κ1) is 20.1. The third-order valence-corrected chi connectivity index (χ3v) is 5.72. The molecule has 29 heavy (non-hydrogen) atoms. The Morgan fingerprint density at radius 2 is 2.07 bits per heavy atom. The van der Waals surface area contributed by atoms with Crippen molar-refractivity contribution in [3.63, 3.8) is 0 Å². The number of nitrogens with two attached hydrogens (primary N) is 1. The zero-order valence-electron chi connectivity index (χ0n) is 16.0. The average molecular weight is 388 g/mol. The van der Waals surface area contributed by atoms with Crippen LogP contribution >= 0.6 is 0 Å². The maximum atomic E-state index is 11.3. The van der Waals surface area contributed by atoms with E-state index in [1.807, 2.05) is 18.2 Å². The number of hydrogen-bond acceptors (Lipinski definition) is 7. The van der Waals surface area contributed by atoms with Gasteiger partial charge in [0.2, 0.25) is 0 Å². The Balaban J connectivity index is 2.28. The summed E-state index contributed by atoms with van der Waals surface area (Å²) >= 11 is 0. The fourth-order valence-corrected chi connectivity index (χ4v) is 4.45. The minimum atomic E-state index is -1.78. The summed E-state index contributed by atoms with van der Waals surface area (Å²) in [5.41, 5.74) is 5.66. The van der Waals surface area contributed by atoms with Crippen molar-refractivity contribution in [1.29, 1.82) is 15.8 Å². The van der Waals surface area contributed by atoms with Gasteiger partial charge in [-0.05, 0) is 24.1 Å². The third kappa shape index (κ3) is 3.12. The highest BCUT2D eigenvalue weighted by atomic mass is 16.6. The third-order valence-electron chi connectivity index (χ3n) is 5.72. The summed E-state index contributed by atoms with van der Waals surface area (Å²) < 4.78 is 0. The number of nitriles is 3. The molecule has 146 valence electrons. The van der Waals surface area contributed by atoms with Gasteiger partial charge in [-0.15, -0.1) is 0 Å². The molecule has 2 N–H and O–H groups in total. The Hall–Kier alpha value is -3.67. The first-order valence-corrected chi connectivity index (χ1v) is 9.33. The first-order valence-electron chi connectivity index (χ1n) is 9.33. The standard InChI is InChI=1S/C21H20N6O2/c1-2-7-26-8-6-16-17(10-22)20(25)21(12-23,13-24)19(18(16)11-26)14-4-3-5-15(9-14)27(28)29/h3-6,9,18-19H,2,7-8,11,25H2,1H3/t18-,19-/m0/s1. The van der Waals surface area contributed by atoms with Crippen molar-refractivity contribution < 1.29 is 4.92 Å². The molecule has 1 aliphatic carbocycles. The Morgan fingerprint density at radius 1 is 1.34 bits per heavy atom. The zero-order chi connectivity index (χ0) is 21.2. The molecule has 3 rings (SSSR count). The largest absolute Gasteiger partial charge is 0.399 e. The lowest BCUT2D eigenvalue weighted by Crippen LogP contribution is -2.48. The molecule has 1 aromatic carbocycles. The molecule has 0 fully saturated rings. The Labute approximate surface area is 168 Å². The van der Waals surface area contributed by atoms with Crippen LogP contribution in [-0.4, -0.2) is 29.5 Å². The van der Waals surface area contributed by atoms with Crippen LogP contribution in [0.15, 0.2) is 47.2 Å². The minimum absolute atomic E-state index is 0.0760. The topological polar surface area (TPSA) is 144 Å². The predicted molar refractivity (Wildman–Crippen MR) is 105 cm³/mol. The average Bonchev–Trinajstić information content (AvgIpc) is 2.73. The maximum absolute atomic E-state index is 11.3. The summed E-state index contributed by atoms with van der Waals surface area (Å²) in [5.74, 6) is -1.07. The molecule has 1 aromatic rings. The molecular formula is C21H20N6O2. The van der Waals surface area contributed by atoms with Crippen molar-refractivity contribution in [2.45, 2.75) is 19.3 Å². The van der Waals surface area contributed by atoms with Crippen molar-refractivity contribution in [2.24, 2.45) is 17.1 Å². The highest BCUT2D eigenvalue weighted by Crippen LogP contribution is 2.54. The number of nitro benzene ring substituents is 1. The molecule has 1 heterocycles. The zero-order valence-corrected chi connectivity index (χ0v) is 16.0. The fourth-order valence-electron chi connectivity index (χ4n) is 4.45. The lowest BCUT2D eigenvalue weighted by atomic mass is 9.58. The van der Waals surface area contributed by atoms with E-state index in [9.17, 15) is 25.9 Å². The van der Waals surface area contributed by atoms with E-state index in [4.69, 9.17) is 5.73 Å². The van der Waals surface area contributed by atoms with Gasteiger partial charge < -0.3 is 5.73 Å². The van der Waals surface area contributed by atoms with Gasteiger partial charge in [0.15, 0.2) is 5.41 Å². The van der Waals surface area contributed by atoms with Crippen molar-refractivity contribution in [3.8, 4) is 18.2 Å². The van der Waals surface area contributed by atoms with Gasteiger partial charge in [0.05, 0.1) is 28.3 Å². The van der Waals surface area contributed by atoms with Gasteiger partial charge in [-0.3, -0.25) is 15.0 Å². The number of non-ortho nitro benzene ring substituents is 1. The molecule has 0 unspecified atom stereocenters. The van der Waals surface area contributed by atoms with E-state index in [1.54, 1.807) is 12.1 Å². The van der Waals surface area contributed by atoms with Gasteiger partial charge in [0.1, 0.15) is 6.07 Å². The Kier molecular flexibility index (Phi) is 5.37. The van der Waals surface area contributed by atoms with Gasteiger partial charge in [-0.1, -0.05) is 25.1 Å². The fraction of sp³-hybridized carbons (Fsp3) is 0.381. The number of fused-ring (bicyclic) bond motifs is 1. The normalized spacial score (nSPS) is 23.2. The van der Waals surface area contributed by atoms with Crippen LogP contribution < -0.4 is 5.73 Å². The Morgan fingerprint density at radius 3 is 2.66 bits per heavy atom. The summed E-state index contributed by atoms with van der Waals surface area (Å²) in [4.78, 5) is 13.0. The first-order chi connectivity index (χ1) is 13.9. The SMILES string of the molecule is CCCN1CC=C2C(C#N)=C(N)C(C#N)(C#N)[C@@H](c3cccc([N+](=O)[O-])c3)[C@H]2C1. The van der Waals surface area contributed by atoms with Crippen LogP contribution in [0.4, 0.5) is 5.69 Å². The van der Waals surface area contributed by atoms with E-state index in [-0.39, 0.29) is 22.9 Å². The molecule has 0 saturated carbocycles. The van der Waals surface area contributed by atoms with E-state index in [2.05, 4.69) is 17.9 Å². The van der Waals surface area contributed by atoms with E-state index in [0.29, 0.717) is 18.7 Å². The monoisotopic (exact) mass is 388 g/mol. The molecule has 0 amide bonds. The quantitative estimate of drug-likeness (QED) is 0.616. The number of nitrogens with zero attached hydrogens (tertiary/aromatic N) is 5. The van der Waals surface area contributed by atoms with Crippen LogP contribution in [0.25, 0.3) is 0 Å². The molecule has 0 saturated heterocycles. The number of hydrogen-bond donors (Lipinski definition) is 1. The van der Waals surface area contributed by atoms with Crippen LogP contribution in [-0.2, 0) is 0 Å². The van der Waals surface area contributed by atoms with E-state index in [1.165, 1.54) is 12.1 Å². The molecule has 1 aliphatic heterocycles.